The van der Waals surface area contributed by atoms with Crippen LogP contribution in [0.2, 0.25) is 0 Å². The Kier molecular flexibility index (Phi) is 19.2. The number of hydrogen-bond acceptors (Lipinski definition) is 8. The number of halogens is 1. The van der Waals surface area contributed by atoms with Gasteiger partial charge < -0.3 is 21.3 Å². The van der Waals surface area contributed by atoms with Gasteiger partial charge in [0.1, 0.15) is 17.5 Å². The summed E-state index contributed by atoms with van der Waals surface area (Å²) in [6.45, 7) is 34.9. The second kappa shape index (κ2) is 25.1. The summed E-state index contributed by atoms with van der Waals surface area (Å²) in [5, 5.41) is 13.0. The second-order valence-corrected chi connectivity index (χ2v) is 24.4. The summed E-state index contributed by atoms with van der Waals surface area (Å²) in [4.78, 5) is 19.3. The normalized spacial score (nSPS) is 19.4. The van der Waals surface area contributed by atoms with Crippen molar-refractivity contribution >= 4 is 45.6 Å². The first-order valence-electron chi connectivity index (χ1n) is 26.9. The van der Waals surface area contributed by atoms with Gasteiger partial charge in [-0.2, -0.15) is 0 Å². The molecule has 4 N–H and O–H groups in total. The molecular formula is C67H85FN8. The van der Waals surface area contributed by atoms with E-state index in [9.17, 15) is 4.39 Å². The lowest BCUT2D eigenvalue weighted by atomic mass is 9.79. The maximum Gasteiger partial charge on any atom is 0.133 e. The van der Waals surface area contributed by atoms with E-state index < -0.39 is 0 Å². The van der Waals surface area contributed by atoms with E-state index in [1.165, 1.54) is 56.7 Å². The Balaban J connectivity index is 0.000000166. The SMILES string of the molecule is CC1=NC(C(C)(C)C)C(c2ccccc2)=CN1.CC1=NC(C(C)(C)C)C(c2ccccc2)=CN1.CCC1=NC(C(C)(C)C)C(c2ccccc2)=CN1.Cc1cccc(C2=CNC(c3cccc(F)c3)=NC2C(C)(C)C)c1. The molecule has 0 saturated carbocycles. The number of hydrogen-bond donors (Lipinski definition) is 4. The van der Waals surface area contributed by atoms with Crippen LogP contribution in [-0.4, -0.2) is 47.5 Å². The van der Waals surface area contributed by atoms with Gasteiger partial charge in [-0.05, 0) is 76.8 Å². The zero-order valence-electron chi connectivity index (χ0n) is 48.3. The topological polar surface area (TPSA) is 97.6 Å². The average Bonchev–Trinajstić information content (AvgIpc) is 3.39. The highest BCUT2D eigenvalue weighted by Crippen LogP contribution is 2.39. The third kappa shape index (κ3) is 16.0. The Hall–Kier alpha value is -7.13. The van der Waals surface area contributed by atoms with Crippen LogP contribution in [0.1, 0.15) is 144 Å². The molecule has 5 aromatic rings. The highest BCUT2D eigenvalue weighted by atomic mass is 19.1. The third-order valence-electron chi connectivity index (χ3n) is 13.4. The summed E-state index contributed by atoms with van der Waals surface area (Å²) in [6.07, 6.45) is 9.27. The minimum Gasteiger partial charge on any atom is -0.350 e. The Morgan fingerprint density at radius 1 is 0.382 bits per heavy atom. The first-order valence-corrected chi connectivity index (χ1v) is 26.9. The van der Waals surface area contributed by atoms with Crippen LogP contribution in [0.15, 0.2) is 184 Å². The number of aryl methyl sites for hydroxylation is 1. The van der Waals surface area contributed by atoms with Crippen LogP contribution in [-0.2, 0) is 0 Å². The van der Waals surface area contributed by atoms with E-state index in [2.05, 4.69) is 234 Å². The number of nitrogens with one attached hydrogen (secondary N) is 4. The molecule has 5 aromatic carbocycles. The number of aliphatic imine (C=N–C) groups is 4. The van der Waals surface area contributed by atoms with E-state index in [-0.39, 0.29) is 51.6 Å². The van der Waals surface area contributed by atoms with Crippen molar-refractivity contribution in [2.75, 3.05) is 0 Å². The van der Waals surface area contributed by atoms with Crippen LogP contribution >= 0.6 is 0 Å². The van der Waals surface area contributed by atoms with Crippen molar-refractivity contribution in [3.05, 3.63) is 204 Å². The van der Waals surface area contributed by atoms with E-state index in [0.717, 1.165) is 35.1 Å². The van der Waals surface area contributed by atoms with Gasteiger partial charge in [-0.15, -0.1) is 0 Å². The van der Waals surface area contributed by atoms with E-state index in [0.29, 0.717) is 5.84 Å². The van der Waals surface area contributed by atoms with E-state index in [1.807, 2.05) is 44.3 Å². The summed E-state index contributed by atoms with van der Waals surface area (Å²) >= 11 is 0. The molecule has 0 aliphatic carbocycles. The predicted molar refractivity (Wildman–Crippen MR) is 325 cm³/mol. The maximum atomic E-state index is 13.5. The highest BCUT2D eigenvalue weighted by molar-refractivity contribution is 6.02. The molecule has 0 saturated heterocycles. The summed E-state index contributed by atoms with van der Waals surface area (Å²) < 4.78 is 13.5. The monoisotopic (exact) mass is 1020 g/mol. The lowest BCUT2D eigenvalue weighted by Crippen LogP contribution is -2.35. The molecule has 0 fully saturated rings. The lowest BCUT2D eigenvalue weighted by Gasteiger charge is -2.33. The average molecular weight is 1020 g/mol. The molecule has 0 bridgehead atoms. The van der Waals surface area contributed by atoms with Gasteiger partial charge in [0, 0.05) is 59.1 Å². The zero-order valence-corrected chi connectivity index (χ0v) is 48.3. The molecule has 0 spiro atoms. The van der Waals surface area contributed by atoms with Crippen LogP contribution in [0.4, 0.5) is 4.39 Å². The molecule has 8 nitrogen and oxygen atoms in total. The van der Waals surface area contributed by atoms with Crippen molar-refractivity contribution < 1.29 is 4.39 Å². The standard InChI is InChI=1S/C21H23FN2.C16H22N2.2C15H20N2/c1-14-7-5-8-15(11-14)18-13-23-20(24-19(18)21(2,3)4)16-9-6-10-17(22)12-16;1-5-14-17-11-13(12-9-7-6-8-10-12)15(18-14)16(2,3)4;2*1-11-16-10-13(12-8-6-5-7-9-12)14(17-11)15(2,3)4/h5-13,19H,1-4H3,(H,23,24);6-11,15H,5H2,1-4H3,(H,17,18);2*5-10,14H,1-4H3,(H,16,17). The molecule has 76 heavy (non-hydrogen) atoms. The summed E-state index contributed by atoms with van der Waals surface area (Å²) in [6, 6.07) is 47.1. The molecule has 4 aliphatic heterocycles. The Morgan fingerprint density at radius 3 is 1.14 bits per heavy atom. The van der Waals surface area contributed by atoms with Gasteiger partial charge >= 0.3 is 0 Å². The summed E-state index contributed by atoms with van der Waals surface area (Å²) in [7, 11) is 0. The molecule has 9 rings (SSSR count). The van der Waals surface area contributed by atoms with Crippen LogP contribution in [0.3, 0.4) is 0 Å². The second-order valence-electron chi connectivity index (χ2n) is 24.4. The van der Waals surface area contributed by atoms with E-state index in [4.69, 9.17) is 20.0 Å². The fourth-order valence-electron chi connectivity index (χ4n) is 9.40. The molecule has 0 radical (unpaired) electrons. The first-order chi connectivity index (χ1) is 35.8. The van der Waals surface area contributed by atoms with Crippen molar-refractivity contribution in [2.45, 2.75) is 141 Å². The highest BCUT2D eigenvalue weighted by Gasteiger charge is 2.34. The van der Waals surface area contributed by atoms with Gasteiger partial charge in [0.25, 0.3) is 0 Å². The largest absolute Gasteiger partial charge is 0.350 e. The van der Waals surface area contributed by atoms with Gasteiger partial charge in [0.2, 0.25) is 0 Å². The number of rotatable bonds is 6. The van der Waals surface area contributed by atoms with Gasteiger partial charge in [-0.25, -0.2) is 4.39 Å². The number of amidine groups is 4. The Morgan fingerprint density at radius 2 is 0.737 bits per heavy atom. The Labute approximate surface area is 455 Å². The van der Waals surface area contributed by atoms with Gasteiger partial charge in [0.15, 0.2) is 0 Å². The summed E-state index contributed by atoms with van der Waals surface area (Å²) in [5.74, 6) is 3.52. The molecule has 4 unspecified atom stereocenters. The molecule has 4 atom stereocenters. The molecular weight excluding hydrogens is 936 g/mol. The third-order valence-corrected chi connectivity index (χ3v) is 13.4. The molecule has 0 amide bonds. The maximum absolute atomic E-state index is 13.5. The molecule has 0 aromatic heterocycles. The molecule has 4 heterocycles. The molecule has 400 valence electrons. The van der Waals surface area contributed by atoms with Crippen molar-refractivity contribution in [1.82, 2.24) is 21.3 Å². The molecule has 4 aliphatic rings. The first kappa shape index (κ1) is 58.1. The van der Waals surface area contributed by atoms with Crippen LogP contribution < -0.4 is 21.3 Å². The van der Waals surface area contributed by atoms with Crippen molar-refractivity contribution in [3.63, 3.8) is 0 Å². The smallest absolute Gasteiger partial charge is 0.133 e. The minimum absolute atomic E-state index is 0.00110. The fourth-order valence-corrected chi connectivity index (χ4v) is 9.40. The van der Waals surface area contributed by atoms with Crippen molar-refractivity contribution in [3.8, 4) is 0 Å². The van der Waals surface area contributed by atoms with E-state index >= 15 is 0 Å². The lowest BCUT2D eigenvalue weighted by molar-refractivity contribution is 0.372. The van der Waals surface area contributed by atoms with Crippen molar-refractivity contribution in [2.24, 2.45) is 41.6 Å². The number of benzene rings is 5. The Bertz CT molecular complexity index is 2890. The summed E-state index contributed by atoms with van der Waals surface area (Å²) in [5.41, 5.74) is 12.2. The number of nitrogens with zero attached hydrogens (tertiary/aromatic N) is 4. The van der Waals surface area contributed by atoms with Gasteiger partial charge in [-0.1, -0.05) is 223 Å². The molecule has 9 heteroatoms. The zero-order chi connectivity index (χ0) is 55.4. The van der Waals surface area contributed by atoms with Crippen LogP contribution in [0.5, 0.6) is 0 Å². The quantitative estimate of drug-likeness (QED) is 0.136. The van der Waals surface area contributed by atoms with Crippen molar-refractivity contribution in [1.29, 1.82) is 0 Å². The van der Waals surface area contributed by atoms with Gasteiger partial charge in [0.05, 0.1) is 35.8 Å². The van der Waals surface area contributed by atoms with Crippen LogP contribution in [0.25, 0.3) is 22.3 Å². The minimum atomic E-state index is -0.252. The fraction of sp³-hybridized carbons (Fsp3) is 0.373. The van der Waals surface area contributed by atoms with E-state index in [1.54, 1.807) is 6.07 Å². The predicted octanol–water partition coefficient (Wildman–Crippen LogP) is 15.7. The van der Waals surface area contributed by atoms with Crippen LogP contribution in [0, 0.1) is 34.4 Å². The van der Waals surface area contributed by atoms with Gasteiger partial charge in [-0.3, -0.25) is 20.0 Å².